The zero-order valence-electron chi connectivity index (χ0n) is 18.3. The largest absolute Gasteiger partial charge is 0.366 e. The van der Waals surface area contributed by atoms with E-state index in [9.17, 15) is 13.2 Å². The van der Waals surface area contributed by atoms with E-state index < -0.39 is 15.9 Å². The zero-order chi connectivity index (χ0) is 23.6. The van der Waals surface area contributed by atoms with Gasteiger partial charge in [0.2, 0.25) is 5.91 Å². The smallest absolute Gasteiger partial charge is 0.283 e. The lowest BCUT2D eigenvalue weighted by Crippen LogP contribution is -2.26. The Balaban J connectivity index is 1.81. The van der Waals surface area contributed by atoms with E-state index in [0.717, 1.165) is 26.3 Å². The van der Waals surface area contributed by atoms with Crippen molar-refractivity contribution in [2.24, 2.45) is 10.8 Å². The van der Waals surface area contributed by atoms with Crippen molar-refractivity contribution in [3.05, 3.63) is 107 Å². The van der Waals surface area contributed by atoms with Crippen LogP contribution < -0.4 is 10.1 Å². The molecule has 0 radical (unpaired) electrons. The molecule has 0 spiro atoms. The topological polar surface area (TPSA) is 92.8 Å². The van der Waals surface area contributed by atoms with Crippen molar-refractivity contribution >= 4 is 38.6 Å². The quantitative estimate of drug-likeness (QED) is 0.333. The fourth-order valence-corrected chi connectivity index (χ4v) is 4.90. The van der Waals surface area contributed by atoms with Crippen molar-refractivity contribution in [2.75, 3.05) is 4.41 Å². The lowest BCUT2D eigenvalue weighted by Gasteiger charge is -2.21. The minimum atomic E-state index is -4.01. The normalized spacial score (nSPS) is 11.7. The number of carbonyl (C=O) groups excluding carboxylic acids is 1. The van der Waals surface area contributed by atoms with Gasteiger partial charge in [0.25, 0.3) is 10.0 Å². The fourth-order valence-electron chi connectivity index (χ4n) is 3.55. The average molecular weight is 458 g/mol. The molecule has 7 heteroatoms. The SMILES string of the molecule is Cc1ccc(N(/N=C/c2ccc(C(N)=O)cc2)S(=O)(=O)c2ccc3ccccc3c2)c(C)c1. The first-order valence-corrected chi connectivity index (χ1v) is 11.7. The lowest BCUT2D eigenvalue weighted by atomic mass is 10.1. The maximum atomic E-state index is 13.7. The molecule has 33 heavy (non-hydrogen) atoms. The van der Waals surface area contributed by atoms with Crippen molar-refractivity contribution < 1.29 is 13.2 Å². The van der Waals surface area contributed by atoms with E-state index in [4.69, 9.17) is 5.73 Å². The third-order valence-corrected chi connectivity index (χ3v) is 6.91. The Labute approximate surface area is 193 Å². The van der Waals surface area contributed by atoms with E-state index in [1.165, 1.54) is 6.21 Å². The Kier molecular flexibility index (Phi) is 5.98. The molecule has 2 N–H and O–H groups in total. The van der Waals surface area contributed by atoms with Crippen LogP contribution in [0.15, 0.2) is 94.9 Å². The lowest BCUT2D eigenvalue weighted by molar-refractivity contribution is 0.100. The van der Waals surface area contributed by atoms with Gasteiger partial charge in [-0.05, 0) is 66.1 Å². The molecular weight excluding hydrogens is 434 g/mol. The molecule has 4 aromatic rings. The highest BCUT2D eigenvalue weighted by atomic mass is 32.2. The summed E-state index contributed by atoms with van der Waals surface area (Å²) in [5.41, 5.74) is 8.54. The van der Waals surface area contributed by atoms with Crippen LogP contribution in [0.1, 0.15) is 27.0 Å². The van der Waals surface area contributed by atoms with Crippen LogP contribution in [0.2, 0.25) is 0 Å². The van der Waals surface area contributed by atoms with Crippen LogP contribution in [-0.4, -0.2) is 20.5 Å². The Morgan fingerprint density at radius 3 is 2.24 bits per heavy atom. The molecule has 0 atom stereocenters. The molecule has 0 aliphatic heterocycles. The van der Waals surface area contributed by atoms with Crippen molar-refractivity contribution in [3.8, 4) is 0 Å². The summed E-state index contributed by atoms with van der Waals surface area (Å²) >= 11 is 0. The summed E-state index contributed by atoms with van der Waals surface area (Å²) in [6.07, 6.45) is 1.45. The van der Waals surface area contributed by atoms with Gasteiger partial charge in [-0.15, -0.1) is 0 Å². The number of hydrogen-bond donors (Lipinski definition) is 1. The van der Waals surface area contributed by atoms with Gasteiger partial charge in [-0.2, -0.15) is 17.9 Å². The summed E-state index contributed by atoms with van der Waals surface area (Å²) in [5, 5.41) is 6.14. The van der Waals surface area contributed by atoms with Crippen molar-refractivity contribution in [3.63, 3.8) is 0 Å². The Bertz CT molecular complexity index is 1480. The number of primary amides is 1. The zero-order valence-corrected chi connectivity index (χ0v) is 19.1. The van der Waals surface area contributed by atoms with Crippen molar-refractivity contribution in [1.29, 1.82) is 0 Å². The molecule has 4 rings (SSSR count). The van der Waals surface area contributed by atoms with Gasteiger partial charge in [0, 0.05) is 5.56 Å². The highest BCUT2D eigenvalue weighted by Crippen LogP contribution is 2.29. The van der Waals surface area contributed by atoms with E-state index in [1.54, 1.807) is 48.5 Å². The molecule has 166 valence electrons. The Morgan fingerprint density at radius 1 is 0.879 bits per heavy atom. The Hall–Kier alpha value is -3.97. The Morgan fingerprint density at radius 2 is 1.58 bits per heavy atom. The maximum absolute atomic E-state index is 13.7. The molecule has 0 fully saturated rings. The monoisotopic (exact) mass is 457 g/mol. The standard InChI is InChI=1S/C26H23N3O3S/c1-18-7-14-25(19(2)15-18)29(28-17-20-8-10-22(11-9-20)26(27)30)33(31,32)24-13-12-21-5-3-4-6-23(21)16-24/h3-17H,1-2H3,(H2,27,30)/b28-17+. The van der Waals surface area contributed by atoms with Gasteiger partial charge in [-0.1, -0.05) is 60.2 Å². The molecule has 0 aromatic heterocycles. The molecule has 1 amide bonds. The van der Waals surface area contributed by atoms with Crippen LogP contribution in [0.3, 0.4) is 0 Å². The number of hydrogen-bond acceptors (Lipinski definition) is 4. The predicted octanol–water partition coefficient (Wildman–Crippen LogP) is 4.78. The third-order valence-electron chi connectivity index (χ3n) is 5.31. The van der Waals surface area contributed by atoms with Crippen LogP contribution in [0.4, 0.5) is 5.69 Å². The van der Waals surface area contributed by atoms with Crippen LogP contribution in [0.25, 0.3) is 10.8 Å². The van der Waals surface area contributed by atoms with Gasteiger partial charge >= 0.3 is 0 Å². The minimum Gasteiger partial charge on any atom is -0.366 e. The van der Waals surface area contributed by atoms with Crippen LogP contribution >= 0.6 is 0 Å². The highest BCUT2D eigenvalue weighted by molar-refractivity contribution is 7.92. The second-order valence-electron chi connectivity index (χ2n) is 7.78. The molecule has 0 bridgehead atoms. The number of amides is 1. The number of hydrazone groups is 1. The number of anilines is 1. The van der Waals surface area contributed by atoms with Gasteiger partial charge in [-0.25, -0.2) is 0 Å². The molecule has 0 aliphatic rings. The average Bonchev–Trinajstić information content (AvgIpc) is 2.80. The predicted molar refractivity (Wildman–Crippen MR) is 132 cm³/mol. The second kappa shape index (κ2) is 8.88. The molecule has 0 saturated carbocycles. The summed E-state index contributed by atoms with van der Waals surface area (Å²) in [5.74, 6) is -0.533. The first-order chi connectivity index (χ1) is 15.8. The number of benzene rings is 4. The van der Waals surface area contributed by atoms with Crippen LogP contribution in [-0.2, 0) is 10.0 Å². The number of nitrogens with two attached hydrogens (primary N) is 1. The van der Waals surface area contributed by atoms with Gasteiger partial charge in [0.15, 0.2) is 0 Å². The number of rotatable bonds is 6. The van der Waals surface area contributed by atoms with Crippen LogP contribution in [0, 0.1) is 13.8 Å². The van der Waals surface area contributed by atoms with Crippen LogP contribution in [0.5, 0.6) is 0 Å². The highest BCUT2D eigenvalue weighted by Gasteiger charge is 2.26. The number of sulfonamides is 1. The fraction of sp³-hybridized carbons (Fsp3) is 0.0769. The first kappa shape index (κ1) is 22.2. The molecule has 0 unspecified atom stereocenters. The van der Waals surface area contributed by atoms with Crippen molar-refractivity contribution in [1.82, 2.24) is 0 Å². The first-order valence-electron chi connectivity index (χ1n) is 10.3. The van der Waals surface area contributed by atoms with Gasteiger partial charge in [-0.3, -0.25) is 4.79 Å². The summed E-state index contributed by atoms with van der Waals surface area (Å²) in [6.45, 7) is 3.80. The van der Waals surface area contributed by atoms with E-state index in [2.05, 4.69) is 5.10 Å². The van der Waals surface area contributed by atoms with Gasteiger partial charge < -0.3 is 5.73 Å². The molecule has 0 heterocycles. The van der Waals surface area contributed by atoms with E-state index in [-0.39, 0.29) is 4.90 Å². The van der Waals surface area contributed by atoms with Gasteiger partial charge in [0.05, 0.1) is 16.8 Å². The summed E-state index contributed by atoms with van der Waals surface area (Å²) < 4.78 is 28.5. The minimum absolute atomic E-state index is 0.141. The summed E-state index contributed by atoms with van der Waals surface area (Å²) in [7, 11) is -4.01. The molecule has 0 aliphatic carbocycles. The molecule has 4 aromatic carbocycles. The molecular formula is C26H23N3O3S. The van der Waals surface area contributed by atoms with Crippen molar-refractivity contribution in [2.45, 2.75) is 18.7 Å². The number of carbonyl (C=O) groups is 1. The number of nitrogens with zero attached hydrogens (tertiary/aromatic N) is 2. The maximum Gasteiger partial charge on any atom is 0.283 e. The summed E-state index contributed by atoms with van der Waals surface area (Å²) in [6, 6.07) is 24.6. The number of aryl methyl sites for hydroxylation is 2. The van der Waals surface area contributed by atoms with E-state index in [0.29, 0.717) is 16.8 Å². The van der Waals surface area contributed by atoms with Gasteiger partial charge in [0.1, 0.15) is 0 Å². The second-order valence-corrected chi connectivity index (χ2v) is 9.55. The molecule has 0 saturated heterocycles. The summed E-state index contributed by atoms with van der Waals surface area (Å²) in [4.78, 5) is 11.5. The van der Waals surface area contributed by atoms with E-state index >= 15 is 0 Å². The van der Waals surface area contributed by atoms with E-state index in [1.807, 2.05) is 50.2 Å². The third kappa shape index (κ3) is 4.63. The molecule has 6 nitrogen and oxygen atoms in total. The number of fused-ring (bicyclic) bond motifs is 1.